The molecule has 0 atom stereocenters. The number of hydrogen-bond acceptors (Lipinski definition) is 6. The van der Waals surface area contributed by atoms with Crippen LogP contribution in [0.2, 0.25) is 0 Å². The van der Waals surface area contributed by atoms with Gasteiger partial charge in [-0.1, -0.05) is 29.4 Å². The quantitative estimate of drug-likeness (QED) is 0.710. The molecule has 0 aliphatic heterocycles. The highest BCUT2D eigenvalue weighted by Crippen LogP contribution is 2.27. The zero-order valence-electron chi connectivity index (χ0n) is 15.1. The van der Waals surface area contributed by atoms with Crippen LogP contribution in [0.15, 0.2) is 57.8 Å². The maximum atomic E-state index is 12.3. The van der Waals surface area contributed by atoms with Gasteiger partial charge in [0.05, 0.1) is 4.90 Å². The number of nitrogens with zero attached hydrogens (tertiary/aromatic N) is 2. The molecule has 0 radical (unpaired) electrons. The number of anilines is 1. The average molecular weight is 397 g/mol. The van der Waals surface area contributed by atoms with E-state index in [9.17, 15) is 13.2 Å². The van der Waals surface area contributed by atoms with E-state index in [1.54, 1.807) is 18.2 Å². The van der Waals surface area contributed by atoms with E-state index < -0.39 is 21.5 Å². The molecule has 1 heterocycles. The van der Waals surface area contributed by atoms with Crippen LogP contribution >= 0.6 is 0 Å². The van der Waals surface area contributed by atoms with Crippen molar-refractivity contribution in [3.05, 3.63) is 59.7 Å². The largest absolute Gasteiger partial charge is 0.403 e. The van der Waals surface area contributed by atoms with Crippen molar-refractivity contribution >= 4 is 21.8 Å². The Kier molecular flexibility index (Phi) is 4.95. The molecule has 0 bridgehead atoms. The molecule has 0 spiro atoms. The smallest absolute Gasteiger partial charge is 0.322 e. The Hall–Kier alpha value is -3.00. The normalized spacial score (nSPS) is 13.7. The average Bonchev–Trinajstić information content (AvgIpc) is 3.16. The highest BCUT2D eigenvalue weighted by atomic mass is 32.2. The molecule has 0 saturated carbocycles. The predicted octanol–water partition coefficient (Wildman–Crippen LogP) is 3.03. The third-order valence-corrected chi connectivity index (χ3v) is 6.32. The molecular weight excluding hydrogens is 378 g/mol. The summed E-state index contributed by atoms with van der Waals surface area (Å²) in [4.78, 5) is 12.2. The number of hydrogen-bond donors (Lipinski definition) is 1. The number of sulfone groups is 1. The van der Waals surface area contributed by atoms with Gasteiger partial charge in [-0.2, -0.15) is 0 Å². The molecule has 1 aliphatic carbocycles. The Bertz CT molecular complexity index is 1110. The van der Waals surface area contributed by atoms with Crippen LogP contribution in [-0.2, 0) is 27.5 Å². The Labute approximate surface area is 162 Å². The molecule has 1 N–H and O–H groups in total. The van der Waals surface area contributed by atoms with Crippen LogP contribution in [0.1, 0.15) is 24.0 Å². The van der Waals surface area contributed by atoms with Crippen molar-refractivity contribution in [2.75, 3.05) is 11.1 Å². The molecule has 0 fully saturated rings. The molecule has 0 saturated heterocycles. The van der Waals surface area contributed by atoms with E-state index in [4.69, 9.17) is 4.42 Å². The van der Waals surface area contributed by atoms with Gasteiger partial charge in [0.25, 0.3) is 0 Å². The summed E-state index contributed by atoms with van der Waals surface area (Å²) in [5, 5.41) is 10.1. The minimum atomic E-state index is -3.74. The van der Waals surface area contributed by atoms with E-state index in [1.807, 2.05) is 12.1 Å². The number of fused-ring (bicyclic) bond motifs is 1. The molecule has 1 aliphatic rings. The number of aromatic nitrogens is 2. The number of nitrogens with one attached hydrogen (secondary N) is 1. The molecule has 0 unspecified atom stereocenters. The second-order valence-electron chi connectivity index (χ2n) is 6.72. The van der Waals surface area contributed by atoms with Crippen molar-refractivity contribution in [3.63, 3.8) is 0 Å². The minimum absolute atomic E-state index is 0.0884. The van der Waals surface area contributed by atoms with Gasteiger partial charge in [0, 0.05) is 5.56 Å². The van der Waals surface area contributed by atoms with Gasteiger partial charge in [0.2, 0.25) is 11.8 Å². The lowest BCUT2D eigenvalue weighted by Crippen LogP contribution is -2.23. The standard InChI is InChI=1S/C20H19N3O4S/c24-18(13-28(25,26)17-8-2-1-3-9-17)21-20-23-22-19(27-20)16-11-10-14-6-4-5-7-15(14)12-16/h1-3,8-12H,4-7,13H2,(H,21,23,24). The van der Waals surface area contributed by atoms with E-state index in [0.29, 0.717) is 0 Å². The van der Waals surface area contributed by atoms with Gasteiger partial charge < -0.3 is 4.42 Å². The zero-order chi connectivity index (χ0) is 19.6. The van der Waals surface area contributed by atoms with Gasteiger partial charge in [-0.15, -0.1) is 5.10 Å². The molecule has 1 amide bonds. The van der Waals surface area contributed by atoms with E-state index in [2.05, 4.69) is 21.6 Å². The van der Waals surface area contributed by atoms with Crippen molar-refractivity contribution in [1.29, 1.82) is 0 Å². The zero-order valence-corrected chi connectivity index (χ0v) is 15.9. The topological polar surface area (TPSA) is 102 Å². The highest BCUT2D eigenvalue weighted by Gasteiger charge is 2.21. The second kappa shape index (κ2) is 7.55. The van der Waals surface area contributed by atoms with Crippen molar-refractivity contribution < 1.29 is 17.6 Å². The number of benzene rings is 2. The Morgan fingerprint density at radius 2 is 1.75 bits per heavy atom. The minimum Gasteiger partial charge on any atom is -0.403 e. The van der Waals surface area contributed by atoms with Crippen molar-refractivity contribution in [2.45, 2.75) is 30.6 Å². The summed E-state index contributed by atoms with van der Waals surface area (Å²) in [6.45, 7) is 0. The number of amides is 1. The Balaban J connectivity index is 1.46. The Morgan fingerprint density at radius 1 is 1.00 bits per heavy atom. The maximum Gasteiger partial charge on any atom is 0.322 e. The maximum absolute atomic E-state index is 12.3. The lowest BCUT2D eigenvalue weighted by atomic mass is 9.90. The van der Waals surface area contributed by atoms with Crippen molar-refractivity contribution in [3.8, 4) is 11.5 Å². The van der Waals surface area contributed by atoms with Crippen LogP contribution in [0.25, 0.3) is 11.5 Å². The molecular formula is C20H19N3O4S. The second-order valence-corrected chi connectivity index (χ2v) is 8.71. The number of carbonyl (C=O) groups is 1. The summed E-state index contributed by atoms with van der Waals surface area (Å²) in [7, 11) is -3.74. The molecule has 7 nitrogen and oxygen atoms in total. The summed E-state index contributed by atoms with van der Waals surface area (Å²) < 4.78 is 30.0. The number of rotatable bonds is 5. The predicted molar refractivity (Wildman–Crippen MR) is 104 cm³/mol. The first-order valence-electron chi connectivity index (χ1n) is 9.05. The molecule has 8 heteroatoms. The van der Waals surface area contributed by atoms with E-state index in [-0.39, 0.29) is 16.8 Å². The van der Waals surface area contributed by atoms with Gasteiger partial charge in [-0.05, 0) is 61.1 Å². The van der Waals surface area contributed by atoms with Gasteiger partial charge >= 0.3 is 6.01 Å². The first kappa shape index (κ1) is 18.4. The molecule has 144 valence electrons. The first-order valence-corrected chi connectivity index (χ1v) is 10.7. The van der Waals surface area contributed by atoms with Gasteiger partial charge in [-0.3, -0.25) is 10.1 Å². The van der Waals surface area contributed by atoms with Gasteiger partial charge in [0.1, 0.15) is 5.75 Å². The van der Waals surface area contributed by atoms with E-state index in [0.717, 1.165) is 24.8 Å². The molecule has 3 aromatic rings. The lowest BCUT2D eigenvalue weighted by Gasteiger charge is -2.15. The summed E-state index contributed by atoms with van der Waals surface area (Å²) in [6, 6.07) is 13.7. The van der Waals surface area contributed by atoms with Crippen LogP contribution in [0.4, 0.5) is 6.01 Å². The third kappa shape index (κ3) is 3.96. The summed E-state index contributed by atoms with van der Waals surface area (Å²) in [5.74, 6) is -1.15. The fourth-order valence-electron chi connectivity index (χ4n) is 3.30. The van der Waals surface area contributed by atoms with E-state index in [1.165, 1.54) is 29.7 Å². The van der Waals surface area contributed by atoms with Crippen molar-refractivity contribution in [2.24, 2.45) is 0 Å². The third-order valence-electron chi connectivity index (χ3n) is 4.69. The molecule has 2 aromatic carbocycles. The highest BCUT2D eigenvalue weighted by molar-refractivity contribution is 7.92. The fourth-order valence-corrected chi connectivity index (χ4v) is 4.45. The van der Waals surface area contributed by atoms with E-state index >= 15 is 0 Å². The first-order chi connectivity index (χ1) is 13.5. The molecule has 4 rings (SSSR count). The van der Waals surface area contributed by atoms with Gasteiger partial charge in [0.15, 0.2) is 9.84 Å². The van der Waals surface area contributed by atoms with Crippen LogP contribution < -0.4 is 5.32 Å². The lowest BCUT2D eigenvalue weighted by molar-refractivity contribution is -0.114. The summed E-state index contributed by atoms with van der Waals surface area (Å²) >= 11 is 0. The number of carbonyl (C=O) groups excluding carboxylic acids is 1. The van der Waals surface area contributed by atoms with Crippen LogP contribution in [0, 0.1) is 0 Å². The summed E-state index contributed by atoms with van der Waals surface area (Å²) in [6.07, 6.45) is 4.47. The fraction of sp³-hybridized carbons (Fsp3) is 0.250. The van der Waals surface area contributed by atoms with Crippen molar-refractivity contribution in [1.82, 2.24) is 10.2 Å². The SMILES string of the molecule is O=C(CS(=O)(=O)c1ccccc1)Nc1nnc(-c2ccc3c(c2)CCCC3)o1. The van der Waals surface area contributed by atoms with Crippen LogP contribution in [0.5, 0.6) is 0 Å². The monoisotopic (exact) mass is 397 g/mol. The van der Waals surface area contributed by atoms with Crippen LogP contribution in [0.3, 0.4) is 0 Å². The molecule has 1 aromatic heterocycles. The summed E-state index contributed by atoms with van der Waals surface area (Å²) in [5.41, 5.74) is 3.40. The van der Waals surface area contributed by atoms with Gasteiger partial charge in [-0.25, -0.2) is 8.42 Å². The molecule has 28 heavy (non-hydrogen) atoms. The number of aryl methyl sites for hydroxylation is 2. The van der Waals surface area contributed by atoms with Crippen LogP contribution in [-0.4, -0.2) is 30.3 Å². The Morgan fingerprint density at radius 3 is 2.54 bits per heavy atom.